The average molecular weight is 391 g/mol. The van der Waals surface area contributed by atoms with Crippen LogP contribution in [0.15, 0.2) is 23.1 Å². The number of thiophene rings is 1. The van der Waals surface area contributed by atoms with Gasteiger partial charge >= 0.3 is 0 Å². The van der Waals surface area contributed by atoms with E-state index in [-0.39, 0.29) is 4.90 Å². The van der Waals surface area contributed by atoms with E-state index in [0.717, 1.165) is 54.5 Å². The maximum atomic E-state index is 12.9. The van der Waals surface area contributed by atoms with Gasteiger partial charge in [-0.1, -0.05) is 13.0 Å². The van der Waals surface area contributed by atoms with Gasteiger partial charge in [0.05, 0.1) is 10.5 Å². The van der Waals surface area contributed by atoms with Crippen LogP contribution in [-0.2, 0) is 35.7 Å². The topological polar surface area (TPSA) is 89.3 Å². The second-order valence-electron chi connectivity index (χ2n) is 7.31. The van der Waals surface area contributed by atoms with Crippen LogP contribution in [0.5, 0.6) is 0 Å². The molecule has 138 valence electrons. The highest BCUT2D eigenvalue weighted by Crippen LogP contribution is 2.40. The van der Waals surface area contributed by atoms with Crippen molar-refractivity contribution in [1.29, 1.82) is 0 Å². The first-order chi connectivity index (χ1) is 12.3. The first-order valence-corrected chi connectivity index (χ1v) is 11.2. The lowest BCUT2D eigenvalue weighted by Gasteiger charge is -2.18. The molecular formula is C19H22N2O3S2. The Morgan fingerprint density at radius 1 is 1.23 bits per heavy atom. The van der Waals surface area contributed by atoms with Crippen molar-refractivity contribution >= 4 is 32.3 Å². The summed E-state index contributed by atoms with van der Waals surface area (Å²) in [7, 11) is -3.75. The highest BCUT2D eigenvalue weighted by atomic mass is 32.2. The fourth-order valence-corrected chi connectivity index (χ4v) is 6.75. The normalized spacial score (nSPS) is 19.0. The fraction of sp³-hybridized carbons (Fsp3) is 0.421. The number of nitrogens with one attached hydrogen (secondary N) is 1. The minimum Gasteiger partial charge on any atom is -0.365 e. The molecular weight excluding hydrogens is 368 g/mol. The van der Waals surface area contributed by atoms with Gasteiger partial charge in [-0.2, -0.15) is 0 Å². The summed E-state index contributed by atoms with van der Waals surface area (Å²) in [6.45, 7) is 2.17. The van der Waals surface area contributed by atoms with Crippen LogP contribution >= 0.6 is 11.3 Å². The lowest BCUT2D eigenvalue weighted by atomic mass is 9.88. The minimum atomic E-state index is -3.75. The van der Waals surface area contributed by atoms with Gasteiger partial charge in [0, 0.05) is 4.88 Å². The SMILES string of the molecule is C[C@@H]1CCc2c(sc(NS(=O)(=O)c3ccc4c(c3)CCC4)c2C(N)=O)C1. The van der Waals surface area contributed by atoms with Gasteiger partial charge < -0.3 is 5.73 Å². The Kier molecular flexibility index (Phi) is 4.31. The molecule has 0 spiro atoms. The van der Waals surface area contributed by atoms with Crippen molar-refractivity contribution in [2.45, 2.75) is 50.3 Å². The summed E-state index contributed by atoms with van der Waals surface area (Å²) < 4.78 is 28.4. The Hall–Kier alpha value is -1.86. The van der Waals surface area contributed by atoms with E-state index in [9.17, 15) is 13.2 Å². The van der Waals surface area contributed by atoms with Gasteiger partial charge in [-0.3, -0.25) is 9.52 Å². The molecule has 1 aromatic carbocycles. The Balaban J connectivity index is 1.71. The van der Waals surface area contributed by atoms with E-state index >= 15 is 0 Å². The molecule has 1 amide bonds. The number of rotatable bonds is 4. The van der Waals surface area contributed by atoms with Gasteiger partial charge in [-0.15, -0.1) is 11.3 Å². The molecule has 1 atom stereocenters. The molecule has 3 N–H and O–H groups in total. The Labute approximate surface area is 157 Å². The Morgan fingerprint density at radius 2 is 2.00 bits per heavy atom. The number of anilines is 1. The lowest BCUT2D eigenvalue weighted by Crippen LogP contribution is -2.19. The van der Waals surface area contributed by atoms with Crippen LogP contribution in [0, 0.1) is 5.92 Å². The van der Waals surface area contributed by atoms with Crippen molar-refractivity contribution in [3.63, 3.8) is 0 Å². The van der Waals surface area contributed by atoms with E-state index in [1.807, 2.05) is 6.07 Å². The van der Waals surface area contributed by atoms with Gasteiger partial charge in [-0.25, -0.2) is 8.42 Å². The maximum absolute atomic E-state index is 12.9. The van der Waals surface area contributed by atoms with E-state index in [2.05, 4.69) is 11.6 Å². The fourth-order valence-electron chi connectivity index (χ4n) is 3.98. The summed E-state index contributed by atoms with van der Waals surface area (Å²) in [6.07, 6.45) is 5.60. The number of fused-ring (bicyclic) bond motifs is 2. The van der Waals surface area contributed by atoms with E-state index in [4.69, 9.17) is 5.73 Å². The number of aryl methyl sites for hydroxylation is 2. The van der Waals surface area contributed by atoms with Crippen LogP contribution in [0.25, 0.3) is 0 Å². The predicted octanol–water partition coefficient (Wildman–Crippen LogP) is 3.26. The summed E-state index contributed by atoms with van der Waals surface area (Å²) in [5, 5.41) is 0.358. The third-order valence-electron chi connectivity index (χ3n) is 5.37. The van der Waals surface area contributed by atoms with Gasteiger partial charge in [0.1, 0.15) is 5.00 Å². The maximum Gasteiger partial charge on any atom is 0.262 e. The number of sulfonamides is 1. The summed E-state index contributed by atoms with van der Waals surface area (Å²) >= 11 is 1.35. The van der Waals surface area contributed by atoms with Crippen molar-refractivity contribution in [3.8, 4) is 0 Å². The quantitative estimate of drug-likeness (QED) is 0.840. The van der Waals surface area contributed by atoms with E-state index < -0.39 is 15.9 Å². The first kappa shape index (κ1) is 17.5. The molecule has 26 heavy (non-hydrogen) atoms. The Bertz CT molecular complexity index is 992. The largest absolute Gasteiger partial charge is 0.365 e. The molecule has 0 saturated heterocycles. The molecule has 0 radical (unpaired) electrons. The molecule has 0 fully saturated rings. The summed E-state index contributed by atoms with van der Waals surface area (Å²) in [5.74, 6) is -0.0354. The zero-order valence-corrected chi connectivity index (χ0v) is 16.3. The van der Waals surface area contributed by atoms with Crippen molar-refractivity contribution in [1.82, 2.24) is 0 Å². The standard InChI is InChI=1S/C19H22N2O3S2/c1-11-5-8-15-16(9-11)25-19(17(15)18(20)22)21-26(23,24)14-7-6-12-3-2-4-13(12)10-14/h6-7,10-11,21H,2-5,8-9H2,1H3,(H2,20,22)/t11-/m1/s1. The second-order valence-corrected chi connectivity index (χ2v) is 10.1. The molecule has 2 aromatic rings. The van der Waals surface area contributed by atoms with Crippen LogP contribution in [0.2, 0.25) is 0 Å². The third kappa shape index (κ3) is 3.03. The molecule has 1 heterocycles. The van der Waals surface area contributed by atoms with Gasteiger partial charge in [0.2, 0.25) is 0 Å². The van der Waals surface area contributed by atoms with Gasteiger partial charge in [0.15, 0.2) is 0 Å². The van der Waals surface area contributed by atoms with E-state index in [1.165, 1.54) is 16.9 Å². The second kappa shape index (κ2) is 6.39. The smallest absolute Gasteiger partial charge is 0.262 e. The molecule has 0 unspecified atom stereocenters. The van der Waals surface area contributed by atoms with Crippen LogP contribution < -0.4 is 10.5 Å². The molecule has 7 heteroatoms. The van der Waals surface area contributed by atoms with E-state index in [0.29, 0.717) is 16.5 Å². The lowest BCUT2D eigenvalue weighted by molar-refractivity contribution is 0.100. The van der Waals surface area contributed by atoms with Crippen LogP contribution in [0.1, 0.15) is 51.7 Å². The third-order valence-corrected chi connectivity index (χ3v) is 8.01. The summed E-state index contributed by atoms with van der Waals surface area (Å²) in [4.78, 5) is 13.3. The molecule has 1 aromatic heterocycles. The number of hydrogen-bond acceptors (Lipinski definition) is 4. The van der Waals surface area contributed by atoms with Gasteiger partial charge in [-0.05, 0) is 73.3 Å². The Morgan fingerprint density at radius 3 is 2.77 bits per heavy atom. The van der Waals surface area contributed by atoms with Crippen molar-refractivity contribution in [2.75, 3.05) is 4.72 Å². The molecule has 2 aliphatic carbocycles. The van der Waals surface area contributed by atoms with Crippen molar-refractivity contribution in [2.24, 2.45) is 11.7 Å². The highest BCUT2D eigenvalue weighted by molar-refractivity contribution is 7.93. The summed E-state index contributed by atoms with van der Waals surface area (Å²) in [5.41, 5.74) is 9.18. The molecule has 4 rings (SSSR count). The predicted molar refractivity (Wildman–Crippen MR) is 103 cm³/mol. The number of carbonyl (C=O) groups is 1. The highest BCUT2D eigenvalue weighted by Gasteiger charge is 2.29. The van der Waals surface area contributed by atoms with E-state index in [1.54, 1.807) is 12.1 Å². The molecule has 0 bridgehead atoms. The van der Waals surface area contributed by atoms with Crippen LogP contribution in [0.3, 0.4) is 0 Å². The van der Waals surface area contributed by atoms with Crippen LogP contribution in [0.4, 0.5) is 5.00 Å². The minimum absolute atomic E-state index is 0.244. The van der Waals surface area contributed by atoms with Gasteiger partial charge in [0.25, 0.3) is 15.9 Å². The zero-order chi connectivity index (χ0) is 18.5. The molecule has 0 saturated carbocycles. The number of benzene rings is 1. The monoisotopic (exact) mass is 390 g/mol. The van der Waals surface area contributed by atoms with Crippen molar-refractivity contribution in [3.05, 3.63) is 45.3 Å². The number of nitrogens with two attached hydrogens (primary N) is 1. The number of primary amides is 1. The molecule has 5 nitrogen and oxygen atoms in total. The number of hydrogen-bond donors (Lipinski definition) is 2. The average Bonchev–Trinajstić information content (AvgIpc) is 3.16. The summed E-state index contributed by atoms with van der Waals surface area (Å²) in [6, 6.07) is 5.29. The molecule has 0 aliphatic heterocycles. The number of carbonyl (C=O) groups excluding carboxylic acids is 1. The van der Waals surface area contributed by atoms with Crippen molar-refractivity contribution < 1.29 is 13.2 Å². The molecule has 2 aliphatic rings. The van der Waals surface area contributed by atoms with Crippen LogP contribution in [-0.4, -0.2) is 14.3 Å². The zero-order valence-electron chi connectivity index (χ0n) is 14.7. The number of amides is 1. The first-order valence-electron chi connectivity index (χ1n) is 8.94.